The quantitative estimate of drug-likeness (QED) is 0.698. The minimum Gasteiger partial charge on any atom is -0.480 e. The smallest absolute Gasteiger partial charge is 0.326 e. The van der Waals surface area contributed by atoms with Crippen LogP contribution in [0.5, 0.6) is 0 Å². The Morgan fingerprint density at radius 1 is 1.50 bits per heavy atom. The fourth-order valence-corrected chi connectivity index (χ4v) is 3.13. The highest BCUT2D eigenvalue weighted by atomic mass is 32.2. The topological polar surface area (TPSA) is 104 Å². The molecule has 0 aliphatic carbocycles. The molecule has 1 aliphatic rings. The van der Waals surface area contributed by atoms with Crippen LogP contribution >= 0.6 is 0 Å². The molecule has 18 heavy (non-hydrogen) atoms. The predicted octanol–water partition coefficient (Wildman–Crippen LogP) is -0.610. The van der Waals surface area contributed by atoms with E-state index in [0.717, 1.165) is 10.6 Å². The number of carboxylic acids is 1. The summed E-state index contributed by atoms with van der Waals surface area (Å²) in [6.07, 6.45) is 2.34. The van der Waals surface area contributed by atoms with E-state index in [4.69, 9.17) is 5.11 Å². The highest BCUT2D eigenvalue weighted by Gasteiger charge is 2.37. The average Bonchev–Trinajstić information content (AvgIpc) is 2.73. The van der Waals surface area contributed by atoms with E-state index in [1.165, 1.54) is 0 Å². The molecule has 7 nitrogen and oxygen atoms in total. The number of hydrogen-bond acceptors (Lipinski definition) is 4. The SMILES string of the molecule is CCC(NC(=O)C1CCCN1S(C)(=O)=O)C(=O)O. The lowest BCUT2D eigenvalue weighted by atomic mass is 10.2. The lowest BCUT2D eigenvalue weighted by Crippen LogP contribution is -2.50. The van der Waals surface area contributed by atoms with E-state index in [0.29, 0.717) is 19.4 Å². The molecule has 0 saturated carbocycles. The molecule has 2 N–H and O–H groups in total. The number of aliphatic carboxylic acids is 1. The minimum absolute atomic E-state index is 0.257. The second kappa shape index (κ2) is 5.66. The molecule has 2 unspecified atom stereocenters. The van der Waals surface area contributed by atoms with Gasteiger partial charge in [0.05, 0.1) is 6.26 Å². The molecule has 0 aromatic carbocycles. The first-order valence-electron chi connectivity index (χ1n) is 5.77. The fourth-order valence-electron chi connectivity index (χ4n) is 2.01. The summed E-state index contributed by atoms with van der Waals surface area (Å²) in [6.45, 7) is 1.95. The average molecular weight is 278 g/mol. The molecule has 1 fully saturated rings. The Kier molecular flexibility index (Phi) is 4.69. The lowest BCUT2D eigenvalue weighted by molar-refractivity contribution is -0.142. The molecule has 1 saturated heterocycles. The van der Waals surface area contributed by atoms with Crippen molar-refractivity contribution in [1.82, 2.24) is 9.62 Å². The van der Waals surface area contributed by atoms with Crippen LogP contribution in [0.1, 0.15) is 26.2 Å². The molecule has 104 valence electrons. The van der Waals surface area contributed by atoms with Crippen molar-refractivity contribution in [3.8, 4) is 0 Å². The molecule has 1 rings (SSSR count). The van der Waals surface area contributed by atoms with Gasteiger partial charge in [0.1, 0.15) is 12.1 Å². The maximum atomic E-state index is 11.9. The maximum Gasteiger partial charge on any atom is 0.326 e. The first-order valence-corrected chi connectivity index (χ1v) is 7.62. The van der Waals surface area contributed by atoms with Gasteiger partial charge in [0.2, 0.25) is 15.9 Å². The van der Waals surface area contributed by atoms with Crippen molar-refractivity contribution in [3.05, 3.63) is 0 Å². The van der Waals surface area contributed by atoms with E-state index < -0.39 is 34.0 Å². The van der Waals surface area contributed by atoms with E-state index in [1.54, 1.807) is 6.92 Å². The third-order valence-corrected chi connectivity index (χ3v) is 4.24. The van der Waals surface area contributed by atoms with Gasteiger partial charge in [0, 0.05) is 6.54 Å². The molecule has 8 heteroatoms. The highest BCUT2D eigenvalue weighted by Crippen LogP contribution is 2.20. The molecule has 0 aromatic rings. The van der Waals surface area contributed by atoms with E-state index in [2.05, 4.69) is 5.32 Å². The molecular weight excluding hydrogens is 260 g/mol. The van der Waals surface area contributed by atoms with Crippen LogP contribution in [0.15, 0.2) is 0 Å². The van der Waals surface area contributed by atoms with Gasteiger partial charge in [-0.2, -0.15) is 4.31 Å². The molecule has 0 bridgehead atoms. The monoisotopic (exact) mass is 278 g/mol. The largest absolute Gasteiger partial charge is 0.480 e. The predicted molar refractivity (Wildman–Crippen MR) is 64.4 cm³/mol. The summed E-state index contributed by atoms with van der Waals surface area (Å²) in [5.41, 5.74) is 0. The van der Waals surface area contributed by atoms with E-state index in [9.17, 15) is 18.0 Å². The number of carboxylic acid groups (broad SMARTS) is 1. The van der Waals surface area contributed by atoms with Gasteiger partial charge in [-0.1, -0.05) is 6.92 Å². The first kappa shape index (κ1) is 14.9. The van der Waals surface area contributed by atoms with Crippen LogP contribution in [-0.2, 0) is 19.6 Å². The molecule has 0 radical (unpaired) electrons. The van der Waals surface area contributed by atoms with Gasteiger partial charge in [0.15, 0.2) is 0 Å². The highest BCUT2D eigenvalue weighted by molar-refractivity contribution is 7.88. The van der Waals surface area contributed by atoms with Crippen LogP contribution in [-0.4, -0.2) is 54.6 Å². The second-order valence-electron chi connectivity index (χ2n) is 4.34. The number of carbonyl (C=O) groups excluding carboxylic acids is 1. The van der Waals surface area contributed by atoms with E-state index >= 15 is 0 Å². The van der Waals surface area contributed by atoms with Gasteiger partial charge in [-0.3, -0.25) is 4.79 Å². The molecule has 2 atom stereocenters. The van der Waals surface area contributed by atoms with Crippen LogP contribution < -0.4 is 5.32 Å². The van der Waals surface area contributed by atoms with Crippen molar-refractivity contribution in [2.24, 2.45) is 0 Å². The van der Waals surface area contributed by atoms with Crippen LogP contribution in [0.2, 0.25) is 0 Å². The first-order chi connectivity index (χ1) is 8.27. The van der Waals surface area contributed by atoms with Crippen LogP contribution in [0.4, 0.5) is 0 Å². The number of sulfonamides is 1. The van der Waals surface area contributed by atoms with Crippen molar-refractivity contribution in [1.29, 1.82) is 0 Å². The van der Waals surface area contributed by atoms with Gasteiger partial charge in [0.25, 0.3) is 0 Å². The zero-order chi connectivity index (χ0) is 13.9. The van der Waals surface area contributed by atoms with Gasteiger partial charge < -0.3 is 10.4 Å². The number of amides is 1. The molecule has 1 heterocycles. The molecule has 0 aromatic heterocycles. The van der Waals surface area contributed by atoms with E-state index in [-0.39, 0.29) is 6.42 Å². The Bertz CT molecular complexity index is 434. The van der Waals surface area contributed by atoms with Gasteiger partial charge in [-0.05, 0) is 19.3 Å². The maximum absolute atomic E-state index is 11.9. The number of nitrogens with zero attached hydrogens (tertiary/aromatic N) is 1. The molecule has 1 amide bonds. The Morgan fingerprint density at radius 2 is 2.11 bits per heavy atom. The zero-order valence-corrected chi connectivity index (χ0v) is 11.2. The van der Waals surface area contributed by atoms with Gasteiger partial charge in [-0.15, -0.1) is 0 Å². The van der Waals surface area contributed by atoms with Crippen molar-refractivity contribution in [3.63, 3.8) is 0 Å². The van der Waals surface area contributed by atoms with Crippen LogP contribution in [0.3, 0.4) is 0 Å². The van der Waals surface area contributed by atoms with Crippen LogP contribution in [0.25, 0.3) is 0 Å². The summed E-state index contributed by atoms with van der Waals surface area (Å²) < 4.78 is 24.1. The summed E-state index contributed by atoms with van der Waals surface area (Å²) in [4.78, 5) is 22.7. The molecular formula is C10H18N2O5S. The van der Waals surface area contributed by atoms with Crippen LogP contribution in [0, 0.1) is 0 Å². The third-order valence-electron chi connectivity index (χ3n) is 2.96. The molecule has 1 aliphatic heterocycles. The number of rotatable bonds is 5. The normalized spacial score (nSPS) is 22.7. The third kappa shape index (κ3) is 3.42. The fraction of sp³-hybridized carbons (Fsp3) is 0.800. The Balaban J connectivity index is 2.75. The number of hydrogen-bond donors (Lipinski definition) is 2. The van der Waals surface area contributed by atoms with Crippen molar-refractivity contribution < 1.29 is 23.1 Å². The standard InChI is InChI=1S/C10H18N2O5S/c1-3-7(10(14)15)11-9(13)8-5-4-6-12(8)18(2,16)17/h7-8H,3-6H2,1-2H3,(H,11,13)(H,14,15). The number of carbonyl (C=O) groups is 2. The Labute approximate surface area is 106 Å². The van der Waals surface area contributed by atoms with Crippen molar-refractivity contribution in [2.75, 3.05) is 12.8 Å². The second-order valence-corrected chi connectivity index (χ2v) is 6.27. The minimum atomic E-state index is -3.43. The summed E-state index contributed by atoms with van der Waals surface area (Å²) in [6, 6.07) is -1.76. The zero-order valence-electron chi connectivity index (χ0n) is 10.4. The van der Waals surface area contributed by atoms with Gasteiger partial charge >= 0.3 is 5.97 Å². The lowest BCUT2D eigenvalue weighted by Gasteiger charge is -2.23. The summed E-state index contributed by atoms with van der Waals surface area (Å²) >= 11 is 0. The Hall–Kier alpha value is -1.15. The van der Waals surface area contributed by atoms with E-state index in [1.807, 2.05) is 0 Å². The summed E-state index contributed by atoms with van der Waals surface area (Å²) in [7, 11) is -3.43. The molecule has 0 spiro atoms. The van der Waals surface area contributed by atoms with Crippen molar-refractivity contribution in [2.45, 2.75) is 38.3 Å². The number of nitrogens with one attached hydrogen (secondary N) is 1. The Morgan fingerprint density at radius 3 is 2.56 bits per heavy atom. The summed E-state index contributed by atoms with van der Waals surface area (Å²) in [5.74, 6) is -1.65. The van der Waals surface area contributed by atoms with Crippen molar-refractivity contribution >= 4 is 21.9 Å². The summed E-state index contributed by atoms with van der Waals surface area (Å²) in [5, 5.41) is 11.2. The van der Waals surface area contributed by atoms with Gasteiger partial charge in [-0.25, -0.2) is 13.2 Å².